The number of carbonyl (C=O) groups excluding carboxylic acids is 1. The van der Waals surface area contributed by atoms with Gasteiger partial charge in [0.05, 0.1) is 6.04 Å². The maximum atomic E-state index is 12.0. The highest BCUT2D eigenvalue weighted by Crippen LogP contribution is 2.16. The molecule has 0 saturated heterocycles. The first-order valence-electron chi connectivity index (χ1n) is 6.33. The van der Waals surface area contributed by atoms with Gasteiger partial charge in [-0.3, -0.25) is 4.79 Å². The highest BCUT2D eigenvalue weighted by molar-refractivity contribution is 7.89. The van der Waals surface area contributed by atoms with Crippen LogP contribution in [0, 0.1) is 0 Å². The molecule has 2 rings (SSSR count). The highest BCUT2D eigenvalue weighted by atomic mass is 32.2. The Kier molecular flexibility index (Phi) is 4.44. The normalized spacial score (nSPS) is 12.9. The molecule has 6 nitrogen and oxygen atoms in total. The molecule has 112 valence electrons. The van der Waals surface area contributed by atoms with Crippen LogP contribution in [-0.2, 0) is 10.0 Å². The maximum Gasteiger partial charge on any atom is 0.287 e. The monoisotopic (exact) mass is 308 g/mol. The van der Waals surface area contributed by atoms with Crippen LogP contribution >= 0.6 is 0 Å². The Morgan fingerprint density at radius 3 is 2.43 bits per heavy atom. The number of carbonyl (C=O) groups is 1. The first-order chi connectivity index (χ1) is 9.94. The third-order valence-electron chi connectivity index (χ3n) is 2.99. The Labute approximate surface area is 123 Å². The minimum Gasteiger partial charge on any atom is -0.438 e. The molecule has 1 aromatic carbocycles. The lowest BCUT2D eigenvalue weighted by Crippen LogP contribution is -2.26. The van der Waals surface area contributed by atoms with Crippen LogP contribution in [0.5, 0.6) is 0 Å². The Bertz CT molecular complexity index is 722. The lowest BCUT2D eigenvalue weighted by Gasteiger charge is -2.12. The van der Waals surface area contributed by atoms with Crippen LogP contribution in [0.25, 0.3) is 0 Å². The minimum atomic E-state index is -3.69. The molecule has 1 amide bonds. The molecule has 0 fully saturated rings. The molecule has 2 aromatic rings. The third kappa shape index (κ3) is 3.50. The molecule has 7 heteroatoms. The van der Waals surface area contributed by atoms with E-state index in [1.807, 2.05) is 37.3 Å². The zero-order valence-electron chi connectivity index (χ0n) is 11.7. The van der Waals surface area contributed by atoms with Crippen molar-refractivity contribution in [3.63, 3.8) is 0 Å². The SMILES string of the molecule is CNS(=O)(=O)c1ccc(C(=O)N[C@H](C)c2ccccc2)o1. The Balaban J connectivity index is 2.11. The largest absolute Gasteiger partial charge is 0.438 e. The number of amides is 1. The fourth-order valence-corrected chi connectivity index (χ4v) is 2.43. The smallest absolute Gasteiger partial charge is 0.287 e. The van der Waals surface area contributed by atoms with Gasteiger partial charge in [0.1, 0.15) is 0 Å². The van der Waals surface area contributed by atoms with Crippen molar-refractivity contribution < 1.29 is 17.6 Å². The molecule has 2 N–H and O–H groups in total. The summed E-state index contributed by atoms with van der Waals surface area (Å²) in [6.07, 6.45) is 0. The summed E-state index contributed by atoms with van der Waals surface area (Å²) in [4.78, 5) is 12.0. The van der Waals surface area contributed by atoms with Crippen molar-refractivity contribution >= 4 is 15.9 Å². The molecule has 0 aliphatic heterocycles. The van der Waals surface area contributed by atoms with E-state index in [1.165, 1.54) is 19.2 Å². The fraction of sp³-hybridized carbons (Fsp3) is 0.214. The molecule has 0 aliphatic rings. The maximum absolute atomic E-state index is 12.0. The van der Waals surface area contributed by atoms with Crippen molar-refractivity contribution in [2.24, 2.45) is 0 Å². The summed E-state index contributed by atoms with van der Waals surface area (Å²) in [5, 5.41) is 2.46. The van der Waals surface area contributed by atoms with Crippen LogP contribution in [0.4, 0.5) is 0 Å². The molecule has 1 atom stereocenters. The van der Waals surface area contributed by atoms with Crippen molar-refractivity contribution in [1.82, 2.24) is 10.0 Å². The summed E-state index contributed by atoms with van der Waals surface area (Å²) in [5.41, 5.74) is 0.945. The third-order valence-corrected chi connectivity index (χ3v) is 4.27. The van der Waals surface area contributed by atoms with Gasteiger partial charge in [0, 0.05) is 0 Å². The molecule has 21 heavy (non-hydrogen) atoms. The average Bonchev–Trinajstić information content (AvgIpc) is 2.99. The van der Waals surface area contributed by atoms with E-state index in [9.17, 15) is 13.2 Å². The van der Waals surface area contributed by atoms with Gasteiger partial charge in [0.15, 0.2) is 5.76 Å². The molecule has 1 aromatic heterocycles. The molecule has 0 radical (unpaired) electrons. The summed E-state index contributed by atoms with van der Waals surface area (Å²) in [6.45, 7) is 1.83. The number of benzene rings is 1. The van der Waals surface area contributed by atoms with Crippen LogP contribution in [0.2, 0.25) is 0 Å². The fourth-order valence-electron chi connectivity index (χ4n) is 1.78. The van der Waals surface area contributed by atoms with E-state index in [-0.39, 0.29) is 16.9 Å². The van der Waals surface area contributed by atoms with Gasteiger partial charge in [-0.1, -0.05) is 30.3 Å². The second-order valence-corrected chi connectivity index (χ2v) is 6.25. The summed E-state index contributed by atoms with van der Waals surface area (Å²) in [6, 6.07) is 11.8. The Morgan fingerprint density at radius 1 is 1.14 bits per heavy atom. The van der Waals surface area contributed by atoms with Gasteiger partial charge in [-0.2, -0.15) is 0 Å². The van der Waals surface area contributed by atoms with Crippen LogP contribution < -0.4 is 10.0 Å². The highest BCUT2D eigenvalue weighted by Gasteiger charge is 2.20. The van der Waals surface area contributed by atoms with Gasteiger partial charge in [-0.05, 0) is 31.7 Å². The second kappa shape index (κ2) is 6.11. The molecule has 0 saturated carbocycles. The first-order valence-corrected chi connectivity index (χ1v) is 7.81. The van der Waals surface area contributed by atoms with Crippen LogP contribution in [0.1, 0.15) is 29.1 Å². The van der Waals surface area contributed by atoms with Gasteiger partial charge in [0.25, 0.3) is 15.9 Å². The minimum absolute atomic E-state index is 0.0494. The molecule has 1 heterocycles. The summed E-state index contributed by atoms with van der Waals surface area (Å²) in [5.74, 6) is -0.518. The quantitative estimate of drug-likeness (QED) is 0.879. The zero-order valence-corrected chi connectivity index (χ0v) is 12.5. The number of hydrogen-bond donors (Lipinski definition) is 2. The zero-order chi connectivity index (χ0) is 15.5. The number of rotatable bonds is 5. The lowest BCUT2D eigenvalue weighted by atomic mass is 10.1. The van der Waals surface area contributed by atoms with Gasteiger partial charge in [-0.15, -0.1) is 0 Å². The summed E-state index contributed by atoms with van der Waals surface area (Å²) in [7, 11) is -2.42. The molecule has 0 bridgehead atoms. The van der Waals surface area contributed by atoms with Gasteiger partial charge in [0.2, 0.25) is 5.09 Å². The summed E-state index contributed by atoms with van der Waals surface area (Å²) < 4.78 is 30.3. The predicted octanol–water partition coefficient (Wildman–Crippen LogP) is 1.68. The van der Waals surface area contributed by atoms with Gasteiger partial charge >= 0.3 is 0 Å². The molecular weight excluding hydrogens is 292 g/mol. The van der Waals surface area contributed by atoms with Crippen molar-refractivity contribution in [2.75, 3.05) is 7.05 Å². The Hall–Kier alpha value is -2.12. The number of furan rings is 1. The Morgan fingerprint density at radius 2 is 1.81 bits per heavy atom. The van der Waals surface area contributed by atoms with E-state index in [1.54, 1.807) is 0 Å². The second-order valence-electron chi connectivity index (χ2n) is 4.43. The number of hydrogen-bond acceptors (Lipinski definition) is 4. The van der Waals surface area contributed by atoms with Crippen molar-refractivity contribution in [3.8, 4) is 0 Å². The molecular formula is C14H16N2O4S. The van der Waals surface area contributed by atoms with Crippen molar-refractivity contribution in [3.05, 3.63) is 53.8 Å². The lowest BCUT2D eigenvalue weighted by molar-refractivity contribution is 0.0906. The molecule has 0 unspecified atom stereocenters. The van der Waals surface area contributed by atoms with Crippen LogP contribution in [-0.4, -0.2) is 21.4 Å². The van der Waals surface area contributed by atoms with Crippen molar-refractivity contribution in [1.29, 1.82) is 0 Å². The standard InChI is InChI=1S/C14H16N2O4S/c1-10(11-6-4-3-5-7-11)16-14(17)12-8-9-13(20-12)21(18,19)15-2/h3-10,15H,1-2H3,(H,16,17)/t10-/m1/s1. The topological polar surface area (TPSA) is 88.4 Å². The number of nitrogens with one attached hydrogen (secondary N) is 2. The molecule has 0 spiro atoms. The van der Waals surface area contributed by atoms with E-state index >= 15 is 0 Å². The van der Waals surface area contributed by atoms with E-state index in [0.717, 1.165) is 5.56 Å². The first kappa shape index (κ1) is 15.3. The molecule has 0 aliphatic carbocycles. The van der Waals surface area contributed by atoms with Crippen LogP contribution in [0.3, 0.4) is 0 Å². The van der Waals surface area contributed by atoms with E-state index in [4.69, 9.17) is 4.42 Å². The number of sulfonamides is 1. The van der Waals surface area contributed by atoms with Gasteiger partial charge < -0.3 is 9.73 Å². The van der Waals surface area contributed by atoms with Gasteiger partial charge in [-0.25, -0.2) is 13.1 Å². The average molecular weight is 308 g/mol. The van der Waals surface area contributed by atoms with E-state index in [2.05, 4.69) is 10.0 Å². The summed E-state index contributed by atoms with van der Waals surface area (Å²) >= 11 is 0. The van der Waals surface area contributed by atoms with E-state index in [0.29, 0.717) is 0 Å². The van der Waals surface area contributed by atoms with E-state index < -0.39 is 15.9 Å². The van der Waals surface area contributed by atoms with Crippen LogP contribution in [0.15, 0.2) is 52.0 Å². The predicted molar refractivity (Wildman–Crippen MR) is 77.3 cm³/mol. The van der Waals surface area contributed by atoms with Crippen molar-refractivity contribution in [2.45, 2.75) is 18.1 Å².